The maximum absolute atomic E-state index is 5.42. The topological polar surface area (TPSA) is 18.5 Å². The van der Waals surface area contributed by atoms with E-state index >= 15 is 0 Å². The normalized spacial score (nSPS) is 11.5. The predicted molar refractivity (Wildman–Crippen MR) is 47.2 cm³/mol. The zero-order valence-corrected chi connectivity index (χ0v) is 8.02. The molecule has 0 amide bonds. The molecule has 0 aliphatic rings. The zero-order valence-electron chi connectivity index (χ0n) is 7.02. The van der Waals surface area contributed by atoms with Crippen LogP contribution in [0.4, 0.5) is 0 Å². The van der Waals surface area contributed by atoms with Gasteiger partial charge in [0.15, 0.2) is 0 Å². The van der Waals surface area contributed by atoms with Gasteiger partial charge in [-0.15, -0.1) is 6.58 Å². The van der Waals surface area contributed by atoms with Crippen molar-refractivity contribution in [3.8, 4) is 0 Å². The van der Waals surface area contributed by atoms with Gasteiger partial charge in [0.05, 0.1) is 0 Å². The fourth-order valence-corrected chi connectivity index (χ4v) is 2.20. The number of hydrogen-bond donors (Lipinski definition) is 0. The summed E-state index contributed by atoms with van der Waals surface area (Å²) in [6, 6.07) is 0. The zero-order chi connectivity index (χ0) is 8.04. The molecule has 0 spiro atoms. The van der Waals surface area contributed by atoms with E-state index in [1.165, 1.54) is 0 Å². The molecule has 3 heteroatoms. The summed E-state index contributed by atoms with van der Waals surface area (Å²) < 4.78 is 10.8. The molecule has 0 fully saturated rings. The van der Waals surface area contributed by atoms with Crippen molar-refractivity contribution in [2.45, 2.75) is 20.4 Å². The van der Waals surface area contributed by atoms with E-state index in [0.29, 0.717) is 13.2 Å². The first-order valence-electron chi connectivity index (χ1n) is 3.60. The lowest BCUT2D eigenvalue weighted by molar-refractivity contribution is 0.201. The molecule has 0 bridgehead atoms. The Balaban J connectivity index is 0. The lowest BCUT2D eigenvalue weighted by Crippen LogP contribution is -2.36. The lowest BCUT2D eigenvalue weighted by atomic mass is 10.9. The van der Waals surface area contributed by atoms with Gasteiger partial charge < -0.3 is 8.85 Å². The maximum Gasteiger partial charge on any atom is 0.361 e. The van der Waals surface area contributed by atoms with Gasteiger partial charge in [-0.25, -0.2) is 0 Å². The highest BCUT2D eigenvalue weighted by molar-refractivity contribution is 6.71. The molecule has 0 aromatic rings. The minimum absolute atomic E-state index is 0. The van der Waals surface area contributed by atoms with Crippen LogP contribution in [-0.2, 0) is 8.85 Å². The summed E-state index contributed by atoms with van der Waals surface area (Å²) in [7, 11) is -1.96. The Labute approximate surface area is 65.6 Å². The Morgan fingerprint density at radius 2 is 1.80 bits per heavy atom. The smallest absolute Gasteiger partial charge is 0.361 e. The Kier molecular flexibility index (Phi) is 4.60. The molecule has 0 unspecified atom stereocenters. The standard InChI is InChI=1S/C7H16O2Si.H2/c1-5-8-10(4,7-3)9-6-2;/h7H,3,5-6H2,1-2,4H3;1H. The van der Waals surface area contributed by atoms with Crippen molar-refractivity contribution in [3.05, 3.63) is 12.3 Å². The van der Waals surface area contributed by atoms with Gasteiger partial charge in [0.1, 0.15) is 0 Å². The summed E-state index contributed by atoms with van der Waals surface area (Å²) in [5.41, 5.74) is 1.81. The van der Waals surface area contributed by atoms with Gasteiger partial charge >= 0.3 is 8.56 Å². The highest BCUT2D eigenvalue weighted by atomic mass is 28.4. The molecule has 62 valence electrons. The van der Waals surface area contributed by atoms with Crippen molar-refractivity contribution in [3.63, 3.8) is 0 Å². The summed E-state index contributed by atoms with van der Waals surface area (Å²) in [4.78, 5) is 0. The summed E-state index contributed by atoms with van der Waals surface area (Å²) in [5, 5.41) is 0. The molecule has 0 aliphatic heterocycles. The molecule has 10 heavy (non-hydrogen) atoms. The largest absolute Gasteiger partial charge is 0.392 e. The number of rotatable bonds is 5. The van der Waals surface area contributed by atoms with Crippen LogP contribution in [0.15, 0.2) is 12.3 Å². The highest BCUT2D eigenvalue weighted by Crippen LogP contribution is 2.06. The summed E-state index contributed by atoms with van der Waals surface area (Å²) in [6.07, 6.45) is 0. The molecular formula is C7H18O2Si. The molecule has 0 saturated heterocycles. The van der Waals surface area contributed by atoms with Crippen molar-refractivity contribution in [2.24, 2.45) is 0 Å². The van der Waals surface area contributed by atoms with E-state index in [4.69, 9.17) is 8.85 Å². The Bertz CT molecular complexity index is 103. The van der Waals surface area contributed by atoms with Crippen LogP contribution in [0.3, 0.4) is 0 Å². The fraction of sp³-hybridized carbons (Fsp3) is 0.714. The lowest BCUT2D eigenvalue weighted by Gasteiger charge is -2.21. The van der Waals surface area contributed by atoms with Crippen LogP contribution in [0.1, 0.15) is 15.3 Å². The van der Waals surface area contributed by atoms with Crippen molar-refractivity contribution >= 4 is 8.56 Å². The van der Waals surface area contributed by atoms with Crippen LogP contribution in [0.5, 0.6) is 0 Å². The SMILES string of the molecule is C=C[Si](C)(OCC)OCC.[HH]. The second-order valence-corrected chi connectivity index (χ2v) is 5.10. The second kappa shape index (κ2) is 4.66. The van der Waals surface area contributed by atoms with E-state index in [1.807, 2.05) is 20.4 Å². The molecule has 0 radical (unpaired) electrons. The molecule has 0 aromatic carbocycles. The minimum atomic E-state index is -1.96. The first kappa shape index (κ1) is 9.88. The molecule has 0 N–H and O–H groups in total. The van der Waals surface area contributed by atoms with Crippen molar-refractivity contribution in [1.82, 2.24) is 0 Å². The van der Waals surface area contributed by atoms with E-state index in [2.05, 4.69) is 6.58 Å². The average molecular weight is 162 g/mol. The van der Waals surface area contributed by atoms with Gasteiger partial charge in [-0.3, -0.25) is 0 Å². The van der Waals surface area contributed by atoms with Crippen LogP contribution in [-0.4, -0.2) is 21.8 Å². The highest BCUT2D eigenvalue weighted by Gasteiger charge is 2.25. The molecule has 0 saturated carbocycles. The van der Waals surface area contributed by atoms with Gasteiger partial charge in [0.25, 0.3) is 0 Å². The van der Waals surface area contributed by atoms with Crippen LogP contribution >= 0.6 is 0 Å². The Morgan fingerprint density at radius 3 is 2.00 bits per heavy atom. The third-order valence-electron chi connectivity index (χ3n) is 1.23. The maximum atomic E-state index is 5.42. The summed E-state index contributed by atoms with van der Waals surface area (Å²) in [5.74, 6) is 0. The monoisotopic (exact) mass is 162 g/mol. The number of hydrogen-bond acceptors (Lipinski definition) is 2. The van der Waals surface area contributed by atoms with Crippen LogP contribution < -0.4 is 0 Å². The average Bonchev–Trinajstić information content (AvgIpc) is 1.89. The van der Waals surface area contributed by atoms with E-state index in [9.17, 15) is 0 Å². The van der Waals surface area contributed by atoms with Crippen LogP contribution in [0, 0.1) is 0 Å². The van der Waals surface area contributed by atoms with Gasteiger partial charge in [0, 0.05) is 14.6 Å². The second-order valence-electron chi connectivity index (χ2n) is 2.09. The first-order chi connectivity index (χ1) is 4.68. The molecule has 0 aromatic heterocycles. The van der Waals surface area contributed by atoms with Gasteiger partial charge in [-0.2, -0.15) is 0 Å². The molecular weight excluding hydrogens is 144 g/mol. The molecule has 2 nitrogen and oxygen atoms in total. The van der Waals surface area contributed by atoms with Gasteiger partial charge in [-0.1, -0.05) is 0 Å². The Morgan fingerprint density at radius 1 is 1.40 bits per heavy atom. The molecule has 0 atom stereocenters. The van der Waals surface area contributed by atoms with E-state index in [-0.39, 0.29) is 1.43 Å². The van der Waals surface area contributed by atoms with Crippen LogP contribution in [0.2, 0.25) is 6.55 Å². The fourth-order valence-electron chi connectivity index (χ4n) is 0.733. The third kappa shape index (κ3) is 3.15. The van der Waals surface area contributed by atoms with Crippen LogP contribution in [0.25, 0.3) is 0 Å². The quantitative estimate of drug-likeness (QED) is 0.576. The van der Waals surface area contributed by atoms with Gasteiger partial charge in [-0.05, 0) is 26.1 Å². The Hall–Kier alpha value is -0.123. The summed E-state index contributed by atoms with van der Waals surface area (Å²) in [6.45, 7) is 11.0. The molecule has 0 rings (SSSR count). The third-order valence-corrected chi connectivity index (χ3v) is 3.70. The summed E-state index contributed by atoms with van der Waals surface area (Å²) >= 11 is 0. The first-order valence-corrected chi connectivity index (χ1v) is 5.99. The van der Waals surface area contributed by atoms with Crippen molar-refractivity contribution < 1.29 is 10.3 Å². The van der Waals surface area contributed by atoms with Crippen molar-refractivity contribution in [1.29, 1.82) is 0 Å². The van der Waals surface area contributed by atoms with E-state index < -0.39 is 8.56 Å². The van der Waals surface area contributed by atoms with Crippen molar-refractivity contribution in [2.75, 3.05) is 13.2 Å². The van der Waals surface area contributed by atoms with E-state index in [1.54, 1.807) is 5.70 Å². The minimum Gasteiger partial charge on any atom is -0.392 e. The predicted octanol–water partition coefficient (Wildman–Crippen LogP) is 2.10. The van der Waals surface area contributed by atoms with E-state index in [0.717, 1.165) is 0 Å². The van der Waals surface area contributed by atoms with Gasteiger partial charge in [0.2, 0.25) is 0 Å². The molecule has 0 heterocycles. The molecule has 0 aliphatic carbocycles.